The number of nitrogens with one attached hydrogen (secondary N) is 1. The largest absolute Gasteiger partial charge is 0.377 e. The second kappa shape index (κ2) is 6.29. The number of rotatable bonds is 4. The Kier molecular flexibility index (Phi) is 4.96. The summed E-state index contributed by atoms with van der Waals surface area (Å²) in [5.41, 5.74) is 1.22. The molecule has 18 heavy (non-hydrogen) atoms. The monoisotopic (exact) mass is 285 g/mol. The van der Waals surface area contributed by atoms with Gasteiger partial charge in [0.1, 0.15) is 0 Å². The summed E-state index contributed by atoms with van der Waals surface area (Å²) in [4.78, 5) is 1.16. The van der Waals surface area contributed by atoms with E-state index in [9.17, 15) is 0 Å². The van der Waals surface area contributed by atoms with Crippen LogP contribution < -0.4 is 5.32 Å². The van der Waals surface area contributed by atoms with Crippen LogP contribution in [-0.4, -0.2) is 25.0 Å². The molecular formula is C14H20ClNOS. The third-order valence-electron chi connectivity index (χ3n) is 3.47. The van der Waals surface area contributed by atoms with Gasteiger partial charge in [-0.2, -0.15) is 0 Å². The maximum atomic E-state index is 6.37. The van der Waals surface area contributed by atoms with Crippen LogP contribution in [0.5, 0.6) is 0 Å². The first kappa shape index (κ1) is 14.2. The van der Waals surface area contributed by atoms with E-state index in [2.05, 4.69) is 37.4 Å². The van der Waals surface area contributed by atoms with Crippen LogP contribution >= 0.6 is 23.4 Å². The number of hydrogen-bond acceptors (Lipinski definition) is 3. The molecule has 3 unspecified atom stereocenters. The fourth-order valence-corrected chi connectivity index (χ4v) is 3.53. The first-order valence-corrected chi connectivity index (χ1v) is 7.62. The molecule has 1 N–H and O–H groups in total. The minimum atomic E-state index is 0.321. The van der Waals surface area contributed by atoms with Crippen LogP contribution in [0.4, 0.5) is 0 Å². The molecule has 0 aliphatic carbocycles. The molecule has 0 bridgehead atoms. The highest BCUT2D eigenvalue weighted by Crippen LogP contribution is 2.37. The molecule has 1 aliphatic rings. The zero-order valence-corrected chi connectivity index (χ0v) is 12.6. The first-order chi connectivity index (χ1) is 8.61. The van der Waals surface area contributed by atoms with Crippen LogP contribution in [0.25, 0.3) is 0 Å². The van der Waals surface area contributed by atoms with Gasteiger partial charge in [0, 0.05) is 22.8 Å². The van der Waals surface area contributed by atoms with Gasteiger partial charge < -0.3 is 10.1 Å². The molecule has 0 saturated carbocycles. The van der Waals surface area contributed by atoms with Gasteiger partial charge in [-0.3, -0.25) is 0 Å². The van der Waals surface area contributed by atoms with E-state index < -0.39 is 0 Å². The molecule has 2 rings (SSSR count). The predicted octanol–water partition coefficient (Wildman–Crippen LogP) is 3.89. The smallest absolute Gasteiger partial charge is 0.0669 e. The summed E-state index contributed by atoms with van der Waals surface area (Å²) in [6.45, 7) is 5.13. The van der Waals surface area contributed by atoms with Crippen LogP contribution in [0, 0.1) is 0 Å². The van der Waals surface area contributed by atoms with Crippen molar-refractivity contribution in [1.29, 1.82) is 0 Å². The van der Waals surface area contributed by atoms with Gasteiger partial charge in [-0.1, -0.05) is 17.7 Å². The average Bonchev–Trinajstić information content (AvgIpc) is 2.76. The quantitative estimate of drug-likeness (QED) is 0.907. The number of benzene rings is 1. The summed E-state index contributed by atoms with van der Waals surface area (Å²) in [7, 11) is 1.96. The lowest BCUT2D eigenvalue weighted by Gasteiger charge is -2.16. The van der Waals surface area contributed by atoms with Gasteiger partial charge in [0.2, 0.25) is 0 Å². The summed E-state index contributed by atoms with van der Waals surface area (Å²) >= 11 is 8.20. The summed E-state index contributed by atoms with van der Waals surface area (Å²) in [5.74, 6) is 0. The third kappa shape index (κ3) is 3.21. The fourth-order valence-electron chi connectivity index (χ4n) is 2.08. The second-order valence-electron chi connectivity index (χ2n) is 4.72. The van der Waals surface area contributed by atoms with Crippen LogP contribution in [0.2, 0.25) is 5.02 Å². The van der Waals surface area contributed by atoms with Crippen LogP contribution in [0.1, 0.15) is 31.9 Å². The maximum Gasteiger partial charge on any atom is 0.0669 e. The molecule has 1 aromatic rings. The Morgan fingerprint density at radius 1 is 1.50 bits per heavy atom. The first-order valence-electron chi connectivity index (χ1n) is 6.36. The Balaban J connectivity index is 2.10. The molecule has 2 nitrogen and oxygen atoms in total. The van der Waals surface area contributed by atoms with Crippen molar-refractivity contribution in [2.24, 2.45) is 0 Å². The zero-order valence-electron chi connectivity index (χ0n) is 11.1. The van der Waals surface area contributed by atoms with Gasteiger partial charge in [-0.15, -0.1) is 11.8 Å². The average molecular weight is 286 g/mol. The zero-order chi connectivity index (χ0) is 13.1. The topological polar surface area (TPSA) is 21.3 Å². The lowest BCUT2D eigenvalue weighted by Crippen LogP contribution is -2.13. The van der Waals surface area contributed by atoms with E-state index in [1.807, 2.05) is 18.8 Å². The highest BCUT2D eigenvalue weighted by atomic mass is 35.5. The van der Waals surface area contributed by atoms with E-state index in [1.165, 1.54) is 5.56 Å². The minimum Gasteiger partial charge on any atom is -0.377 e. The Morgan fingerprint density at radius 3 is 2.83 bits per heavy atom. The van der Waals surface area contributed by atoms with E-state index in [0.29, 0.717) is 17.4 Å². The lowest BCUT2D eigenvalue weighted by atomic mass is 10.1. The molecule has 0 radical (unpaired) electrons. The van der Waals surface area contributed by atoms with Crippen LogP contribution in [0.15, 0.2) is 23.1 Å². The predicted molar refractivity (Wildman–Crippen MR) is 78.6 cm³/mol. The van der Waals surface area contributed by atoms with Crippen molar-refractivity contribution in [2.45, 2.75) is 42.6 Å². The van der Waals surface area contributed by atoms with E-state index in [-0.39, 0.29) is 0 Å². The van der Waals surface area contributed by atoms with Gasteiger partial charge in [0.05, 0.1) is 11.1 Å². The molecular weight excluding hydrogens is 266 g/mol. The van der Waals surface area contributed by atoms with Gasteiger partial charge in [-0.25, -0.2) is 0 Å². The highest BCUT2D eigenvalue weighted by molar-refractivity contribution is 8.00. The maximum absolute atomic E-state index is 6.37. The van der Waals surface area contributed by atoms with Crippen LogP contribution in [-0.2, 0) is 4.74 Å². The van der Waals surface area contributed by atoms with E-state index in [4.69, 9.17) is 16.3 Å². The van der Waals surface area contributed by atoms with Crippen molar-refractivity contribution < 1.29 is 4.74 Å². The van der Waals surface area contributed by atoms with Crippen molar-refractivity contribution in [3.05, 3.63) is 28.8 Å². The lowest BCUT2D eigenvalue weighted by molar-refractivity contribution is 0.127. The number of hydrogen-bond donors (Lipinski definition) is 1. The normalized spacial score (nSPS) is 25.3. The molecule has 3 atom stereocenters. The molecule has 0 aromatic heterocycles. The fraction of sp³-hybridized carbons (Fsp3) is 0.571. The molecule has 1 heterocycles. The van der Waals surface area contributed by atoms with E-state index in [0.717, 1.165) is 22.9 Å². The SMILES string of the molecule is CNC(C)c1ccc(SC2CCOC2C)c(Cl)c1. The second-order valence-corrected chi connectivity index (χ2v) is 6.41. The molecule has 0 amide bonds. The van der Waals surface area contributed by atoms with Crippen molar-refractivity contribution in [2.75, 3.05) is 13.7 Å². The van der Waals surface area contributed by atoms with E-state index in [1.54, 1.807) is 0 Å². The minimum absolute atomic E-state index is 0.321. The van der Waals surface area contributed by atoms with Crippen LogP contribution in [0.3, 0.4) is 0 Å². The van der Waals surface area contributed by atoms with Crippen molar-refractivity contribution in [1.82, 2.24) is 5.32 Å². The molecule has 100 valence electrons. The Morgan fingerprint density at radius 2 is 2.28 bits per heavy atom. The molecule has 0 spiro atoms. The van der Waals surface area contributed by atoms with Gasteiger partial charge in [0.15, 0.2) is 0 Å². The third-order valence-corrected chi connectivity index (χ3v) is 5.43. The summed E-state index contributed by atoms with van der Waals surface area (Å²) in [5, 5.41) is 4.59. The summed E-state index contributed by atoms with van der Waals surface area (Å²) < 4.78 is 5.58. The highest BCUT2D eigenvalue weighted by Gasteiger charge is 2.25. The molecule has 1 fully saturated rings. The number of thioether (sulfide) groups is 1. The number of halogens is 1. The van der Waals surface area contributed by atoms with Gasteiger partial charge in [-0.05, 0) is 45.0 Å². The van der Waals surface area contributed by atoms with E-state index >= 15 is 0 Å². The standard InChI is InChI=1S/C14H20ClNOS/c1-9(16-3)11-4-5-14(12(15)8-11)18-13-6-7-17-10(13)2/h4-5,8-10,13,16H,6-7H2,1-3H3. The molecule has 1 saturated heterocycles. The Hall–Kier alpha value is -0.220. The summed E-state index contributed by atoms with van der Waals surface area (Å²) in [6, 6.07) is 6.66. The number of ether oxygens (including phenoxy) is 1. The van der Waals surface area contributed by atoms with Crippen molar-refractivity contribution in [3.8, 4) is 0 Å². The molecule has 4 heteroatoms. The molecule has 1 aromatic carbocycles. The van der Waals surface area contributed by atoms with Crippen molar-refractivity contribution >= 4 is 23.4 Å². The Labute approximate surface area is 118 Å². The summed E-state index contributed by atoms with van der Waals surface area (Å²) in [6.07, 6.45) is 1.43. The molecule has 1 aliphatic heterocycles. The Bertz CT molecular complexity index is 413. The van der Waals surface area contributed by atoms with Gasteiger partial charge >= 0.3 is 0 Å². The van der Waals surface area contributed by atoms with Gasteiger partial charge in [0.25, 0.3) is 0 Å². The van der Waals surface area contributed by atoms with Crippen molar-refractivity contribution in [3.63, 3.8) is 0 Å².